The fourth-order valence-electron chi connectivity index (χ4n) is 1.03. The van der Waals surface area contributed by atoms with Crippen molar-refractivity contribution in [1.29, 1.82) is 0 Å². The molecule has 1 saturated heterocycles. The fourth-order valence-corrected chi connectivity index (χ4v) is 1.03. The minimum atomic E-state index is -2.17. The molecule has 1 rings (SSSR count). The first-order chi connectivity index (χ1) is 7.24. The average molecular weight is 240 g/mol. The first kappa shape index (κ1) is 15.0. The van der Waals surface area contributed by atoms with Crippen molar-refractivity contribution in [3.63, 3.8) is 0 Å². The maximum atomic E-state index is 9.24. The van der Waals surface area contributed by atoms with E-state index in [9.17, 15) is 5.11 Å². The smallest absolute Gasteiger partial charge is 0.309 e. The molecule has 4 atom stereocenters. The number of urea groups is 1. The zero-order valence-electron chi connectivity index (χ0n) is 8.35. The second-order valence-electron chi connectivity index (χ2n) is 3.22. The summed E-state index contributed by atoms with van der Waals surface area (Å²) in [4.78, 5) is 9.00. The van der Waals surface area contributed by atoms with E-state index in [0.29, 0.717) is 0 Å². The number of amides is 2. The molecule has 1 aliphatic heterocycles. The van der Waals surface area contributed by atoms with E-state index < -0.39 is 36.7 Å². The van der Waals surface area contributed by atoms with E-state index in [1.807, 2.05) is 0 Å². The molecule has 0 aromatic heterocycles. The summed E-state index contributed by atoms with van der Waals surface area (Å²) in [5, 5.41) is 45.0. The van der Waals surface area contributed by atoms with Crippen molar-refractivity contribution in [2.45, 2.75) is 24.1 Å². The Morgan fingerprint density at radius 3 is 2.19 bits per heavy atom. The molecule has 1 fully saturated rings. The van der Waals surface area contributed by atoms with E-state index in [1.54, 1.807) is 0 Å². The monoisotopic (exact) mass is 240 g/mol. The number of aliphatic hydroxyl groups is 5. The second kappa shape index (κ2) is 5.94. The van der Waals surface area contributed by atoms with Crippen LogP contribution in [0.25, 0.3) is 0 Å². The van der Waals surface area contributed by atoms with Gasteiger partial charge in [-0.25, -0.2) is 4.79 Å². The Morgan fingerprint density at radius 1 is 1.38 bits per heavy atom. The van der Waals surface area contributed by atoms with Gasteiger partial charge in [-0.2, -0.15) is 0 Å². The number of ether oxygens (including phenoxy) is 1. The lowest BCUT2D eigenvalue weighted by Gasteiger charge is -2.40. The summed E-state index contributed by atoms with van der Waals surface area (Å²) in [7, 11) is 0. The van der Waals surface area contributed by atoms with E-state index in [0.717, 1.165) is 0 Å². The van der Waals surface area contributed by atoms with Gasteiger partial charge in [0.1, 0.15) is 18.3 Å². The van der Waals surface area contributed by atoms with Crippen LogP contribution in [-0.2, 0) is 4.74 Å². The lowest BCUT2D eigenvalue weighted by Crippen LogP contribution is -2.62. The number of hydrogen-bond donors (Lipinski definition) is 7. The maximum Gasteiger partial charge on any atom is 0.309 e. The quantitative estimate of drug-likeness (QED) is 0.242. The number of primary amides is 2. The van der Waals surface area contributed by atoms with Gasteiger partial charge in [-0.05, 0) is 0 Å². The molecule has 0 bridgehead atoms. The SMILES string of the molecule is NC(N)=O.OC[C@]1(O)OC[C@@H](O)[C@@H](O)[C@@H]1O. The van der Waals surface area contributed by atoms with Gasteiger partial charge in [-0.3, -0.25) is 0 Å². The van der Waals surface area contributed by atoms with E-state index in [-0.39, 0.29) is 6.61 Å². The molecule has 9 nitrogen and oxygen atoms in total. The van der Waals surface area contributed by atoms with Crippen molar-refractivity contribution in [2.24, 2.45) is 11.5 Å². The van der Waals surface area contributed by atoms with Crippen LogP contribution in [0.2, 0.25) is 0 Å². The van der Waals surface area contributed by atoms with Gasteiger partial charge < -0.3 is 41.7 Å². The summed E-state index contributed by atoms with van der Waals surface area (Å²) in [5.74, 6) is -2.17. The number of nitrogens with two attached hydrogens (primary N) is 2. The van der Waals surface area contributed by atoms with E-state index in [2.05, 4.69) is 16.2 Å². The van der Waals surface area contributed by atoms with Gasteiger partial charge in [0, 0.05) is 0 Å². The van der Waals surface area contributed by atoms with Gasteiger partial charge in [0.05, 0.1) is 13.2 Å². The summed E-state index contributed by atoms with van der Waals surface area (Å²) in [6.45, 7) is -1.16. The molecule has 16 heavy (non-hydrogen) atoms. The van der Waals surface area contributed by atoms with Crippen LogP contribution in [-0.4, -0.2) is 68.9 Å². The Balaban J connectivity index is 0.000000487. The van der Waals surface area contributed by atoms with E-state index >= 15 is 0 Å². The van der Waals surface area contributed by atoms with Crippen LogP contribution in [0.5, 0.6) is 0 Å². The molecular formula is C7H16N2O7. The highest BCUT2D eigenvalue weighted by molar-refractivity contribution is 5.69. The molecule has 1 heterocycles. The van der Waals surface area contributed by atoms with Crippen LogP contribution in [0.15, 0.2) is 0 Å². The topological polar surface area (TPSA) is 179 Å². The summed E-state index contributed by atoms with van der Waals surface area (Å²) in [5.41, 5.74) is 8.50. The largest absolute Gasteiger partial charge is 0.391 e. The van der Waals surface area contributed by atoms with Crippen LogP contribution < -0.4 is 11.5 Å². The van der Waals surface area contributed by atoms with Crippen LogP contribution in [0.3, 0.4) is 0 Å². The molecule has 0 radical (unpaired) electrons. The summed E-state index contributed by atoms with van der Waals surface area (Å²) in [6, 6.07) is -0.833. The van der Waals surface area contributed by atoms with E-state index in [4.69, 9.17) is 25.2 Å². The second-order valence-corrected chi connectivity index (χ2v) is 3.22. The van der Waals surface area contributed by atoms with Gasteiger partial charge in [-0.1, -0.05) is 0 Å². The molecule has 0 unspecified atom stereocenters. The third-order valence-electron chi connectivity index (χ3n) is 1.91. The van der Waals surface area contributed by atoms with Gasteiger partial charge in [0.15, 0.2) is 0 Å². The van der Waals surface area contributed by atoms with Gasteiger partial charge >= 0.3 is 6.03 Å². The Kier molecular flexibility index (Phi) is 5.58. The van der Waals surface area contributed by atoms with Crippen molar-refractivity contribution in [3.05, 3.63) is 0 Å². The molecular weight excluding hydrogens is 224 g/mol. The first-order valence-electron chi connectivity index (χ1n) is 4.31. The highest BCUT2D eigenvalue weighted by Gasteiger charge is 2.47. The minimum absolute atomic E-state index is 0.324. The Labute approximate surface area is 90.9 Å². The number of carbonyl (C=O) groups excluding carboxylic acids is 1. The van der Waals surface area contributed by atoms with Crippen molar-refractivity contribution >= 4 is 6.03 Å². The Morgan fingerprint density at radius 2 is 1.81 bits per heavy atom. The molecule has 0 aliphatic carbocycles. The zero-order chi connectivity index (χ0) is 12.9. The third-order valence-corrected chi connectivity index (χ3v) is 1.91. The van der Waals surface area contributed by atoms with Gasteiger partial charge in [0.2, 0.25) is 5.79 Å². The minimum Gasteiger partial charge on any atom is -0.391 e. The molecule has 0 saturated carbocycles. The number of rotatable bonds is 1. The van der Waals surface area contributed by atoms with Crippen LogP contribution >= 0.6 is 0 Å². The lowest BCUT2D eigenvalue weighted by atomic mass is 9.98. The van der Waals surface area contributed by atoms with Crippen LogP contribution in [0.1, 0.15) is 0 Å². The Hall–Kier alpha value is -0.970. The summed E-state index contributed by atoms with van der Waals surface area (Å²) in [6.07, 6.45) is -4.45. The molecule has 9 N–H and O–H groups in total. The molecule has 9 heteroatoms. The standard InChI is InChI=1S/C6H12O6.CH4N2O/c7-2-6(11)5(10)4(9)3(8)1-12-6;2-1(3)4/h3-5,7-11H,1-2H2;(H4,2,3,4)/t3-,4-,5+,6+;/m1./s1. The molecule has 2 amide bonds. The average Bonchev–Trinajstić information content (AvgIpc) is 2.20. The third kappa shape index (κ3) is 3.89. The van der Waals surface area contributed by atoms with Gasteiger partial charge in [0.25, 0.3) is 0 Å². The van der Waals surface area contributed by atoms with Crippen molar-refractivity contribution < 1.29 is 35.1 Å². The van der Waals surface area contributed by atoms with Crippen LogP contribution in [0, 0.1) is 0 Å². The predicted molar refractivity (Wildman–Crippen MR) is 49.8 cm³/mol. The molecule has 0 aromatic rings. The predicted octanol–water partition coefficient (Wildman–Crippen LogP) is -4.20. The fraction of sp³-hybridized carbons (Fsp3) is 0.857. The summed E-state index contributed by atoms with van der Waals surface area (Å²) >= 11 is 0. The maximum absolute atomic E-state index is 9.24. The molecule has 1 aliphatic rings. The normalized spacial score (nSPS) is 38.4. The van der Waals surface area contributed by atoms with E-state index in [1.165, 1.54) is 0 Å². The number of hydrogen-bond acceptors (Lipinski definition) is 7. The lowest BCUT2D eigenvalue weighted by molar-refractivity contribution is -0.331. The van der Waals surface area contributed by atoms with Crippen LogP contribution in [0.4, 0.5) is 4.79 Å². The molecule has 96 valence electrons. The number of aliphatic hydroxyl groups excluding tert-OH is 4. The molecule has 0 spiro atoms. The first-order valence-corrected chi connectivity index (χ1v) is 4.31. The van der Waals surface area contributed by atoms with Crippen molar-refractivity contribution in [2.75, 3.05) is 13.2 Å². The highest BCUT2D eigenvalue weighted by Crippen LogP contribution is 2.22. The Bertz CT molecular complexity index is 235. The van der Waals surface area contributed by atoms with Crippen molar-refractivity contribution in [3.8, 4) is 0 Å². The van der Waals surface area contributed by atoms with Gasteiger partial charge in [-0.15, -0.1) is 0 Å². The highest BCUT2D eigenvalue weighted by atomic mass is 16.7. The van der Waals surface area contributed by atoms with Crippen molar-refractivity contribution in [1.82, 2.24) is 0 Å². The zero-order valence-corrected chi connectivity index (χ0v) is 8.35. The number of carbonyl (C=O) groups is 1. The summed E-state index contributed by atoms with van der Waals surface area (Å²) < 4.78 is 4.56. The molecule has 0 aromatic carbocycles.